The zero-order valence-corrected chi connectivity index (χ0v) is 12.4. The summed E-state index contributed by atoms with van der Waals surface area (Å²) in [4.78, 5) is 12.9. The standard InChI is InChI=1S/C11H12ClN5O2S/c1-17(2)10-3-4-13-7-9(10)16-20(18,19)8-5-14-11(12)15-6-8/h3-7,16H,1-2H3. The van der Waals surface area contributed by atoms with Gasteiger partial charge in [-0.2, -0.15) is 0 Å². The van der Waals surface area contributed by atoms with Gasteiger partial charge in [0.1, 0.15) is 4.90 Å². The van der Waals surface area contributed by atoms with Crippen LogP contribution in [0, 0.1) is 0 Å². The first-order valence-corrected chi connectivity index (χ1v) is 7.38. The van der Waals surface area contributed by atoms with Crippen molar-refractivity contribution in [2.24, 2.45) is 0 Å². The van der Waals surface area contributed by atoms with Gasteiger partial charge < -0.3 is 4.90 Å². The third-order valence-corrected chi connectivity index (χ3v) is 3.95. The molecule has 0 atom stereocenters. The summed E-state index contributed by atoms with van der Waals surface area (Å²) in [6, 6.07) is 1.70. The van der Waals surface area contributed by atoms with Gasteiger partial charge in [0.25, 0.3) is 10.0 Å². The molecular formula is C11H12ClN5O2S. The minimum Gasteiger partial charge on any atom is -0.376 e. The first-order chi connectivity index (χ1) is 9.40. The Hall–Kier alpha value is -1.93. The van der Waals surface area contributed by atoms with Gasteiger partial charge in [0.15, 0.2) is 0 Å². The van der Waals surface area contributed by atoms with Crippen LogP contribution in [0.25, 0.3) is 0 Å². The molecule has 2 rings (SSSR count). The van der Waals surface area contributed by atoms with E-state index >= 15 is 0 Å². The van der Waals surface area contributed by atoms with E-state index in [4.69, 9.17) is 11.6 Å². The maximum Gasteiger partial charge on any atom is 0.265 e. The smallest absolute Gasteiger partial charge is 0.265 e. The Morgan fingerprint density at radius 2 is 1.85 bits per heavy atom. The largest absolute Gasteiger partial charge is 0.376 e. The molecular weight excluding hydrogens is 302 g/mol. The number of hydrogen-bond acceptors (Lipinski definition) is 6. The van der Waals surface area contributed by atoms with Crippen molar-refractivity contribution >= 4 is 33.0 Å². The number of aromatic nitrogens is 3. The highest BCUT2D eigenvalue weighted by Crippen LogP contribution is 2.25. The van der Waals surface area contributed by atoms with Crippen molar-refractivity contribution < 1.29 is 8.42 Å². The van der Waals surface area contributed by atoms with Crippen molar-refractivity contribution in [2.75, 3.05) is 23.7 Å². The molecule has 0 aliphatic rings. The summed E-state index contributed by atoms with van der Waals surface area (Å²) in [6.07, 6.45) is 5.30. The van der Waals surface area contributed by atoms with Gasteiger partial charge in [-0.1, -0.05) is 0 Å². The van der Waals surface area contributed by atoms with Gasteiger partial charge in [-0.3, -0.25) is 9.71 Å². The van der Waals surface area contributed by atoms with E-state index in [0.717, 1.165) is 12.4 Å². The van der Waals surface area contributed by atoms with Crippen LogP contribution in [0.4, 0.5) is 11.4 Å². The van der Waals surface area contributed by atoms with Gasteiger partial charge in [0, 0.05) is 20.3 Å². The van der Waals surface area contributed by atoms with Crippen molar-refractivity contribution in [3.05, 3.63) is 36.1 Å². The van der Waals surface area contributed by atoms with Gasteiger partial charge in [-0.15, -0.1) is 0 Å². The predicted molar refractivity (Wildman–Crippen MR) is 76.4 cm³/mol. The van der Waals surface area contributed by atoms with Crippen LogP contribution in [0.1, 0.15) is 0 Å². The first-order valence-electron chi connectivity index (χ1n) is 5.52. The second-order valence-electron chi connectivity index (χ2n) is 4.08. The highest BCUT2D eigenvalue weighted by molar-refractivity contribution is 7.92. The molecule has 0 aliphatic carbocycles. The van der Waals surface area contributed by atoms with E-state index in [0.29, 0.717) is 11.4 Å². The highest BCUT2D eigenvalue weighted by Gasteiger charge is 2.17. The predicted octanol–water partition coefficient (Wildman–Crippen LogP) is 1.39. The van der Waals surface area contributed by atoms with E-state index in [1.165, 1.54) is 6.20 Å². The summed E-state index contributed by atoms with van der Waals surface area (Å²) in [7, 11) is -0.178. The molecule has 0 saturated heterocycles. The number of sulfonamides is 1. The molecule has 2 aromatic heterocycles. The zero-order chi connectivity index (χ0) is 14.8. The number of hydrogen-bond donors (Lipinski definition) is 1. The van der Waals surface area contributed by atoms with Crippen molar-refractivity contribution in [1.29, 1.82) is 0 Å². The van der Waals surface area contributed by atoms with Gasteiger partial charge in [0.2, 0.25) is 5.28 Å². The van der Waals surface area contributed by atoms with E-state index < -0.39 is 10.0 Å². The molecule has 7 nitrogen and oxygen atoms in total. The Morgan fingerprint density at radius 1 is 1.20 bits per heavy atom. The van der Waals surface area contributed by atoms with Crippen molar-refractivity contribution in [3.63, 3.8) is 0 Å². The highest BCUT2D eigenvalue weighted by atomic mass is 35.5. The van der Waals surface area contributed by atoms with Crippen LogP contribution in [-0.2, 0) is 10.0 Å². The number of halogens is 1. The van der Waals surface area contributed by atoms with Crippen LogP contribution in [0.5, 0.6) is 0 Å². The van der Waals surface area contributed by atoms with Crippen molar-refractivity contribution in [1.82, 2.24) is 15.0 Å². The van der Waals surface area contributed by atoms with Crippen molar-refractivity contribution in [3.8, 4) is 0 Å². The lowest BCUT2D eigenvalue weighted by Crippen LogP contribution is -2.17. The zero-order valence-electron chi connectivity index (χ0n) is 10.8. The summed E-state index contributed by atoms with van der Waals surface area (Å²) in [5.74, 6) is 0. The van der Waals surface area contributed by atoms with Gasteiger partial charge in [-0.05, 0) is 17.7 Å². The van der Waals surface area contributed by atoms with Crippen LogP contribution in [-0.4, -0.2) is 37.5 Å². The Balaban J connectivity index is 2.36. The average molecular weight is 314 g/mol. The molecule has 0 fully saturated rings. The lowest BCUT2D eigenvalue weighted by atomic mass is 10.3. The summed E-state index contributed by atoms with van der Waals surface area (Å²) < 4.78 is 26.9. The van der Waals surface area contributed by atoms with E-state index in [1.807, 2.05) is 0 Å². The summed E-state index contributed by atoms with van der Waals surface area (Å²) >= 11 is 5.53. The molecule has 20 heavy (non-hydrogen) atoms. The second-order valence-corrected chi connectivity index (χ2v) is 6.10. The van der Waals surface area contributed by atoms with Crippen LogP contribution < -0.4 is 9.62 Å². The molecule has 0 aliphatic heterocycles. The molecule has 0 unspecified atom stereocenters. The molecule has 2 heterocycles. The molecule has 0 spiro atoms. The number of nitrogens with zero attached hydrogens (tertiary/aromatic N) is 4. The minimum absolute atomic E-state index is 0.0145. The molecule has 0 saturated carbocycles. The van der Waals surface area contributed by atoms with Crippen LogP contribution in [0.3, 0.4) is 0 Å². The Labute approximate surface area is 121 Å². The lowest BCUT2D eigenvalue weighted by Gasteiger charge is -2.17. The maximum atomic E-state index is 12.2. The molecule has 106 valence electrons. The van der Waals surface area contributed by atoms with Gasteiger partial charge in [-0.25, -0.2) is 18.4 Å². The van der Waals surface area contributed by atoms with E-state index in [2.05, 4.69) is 19.7 Å². The molecule has 0 amide bonds. The van der Waals surface area contributed by atoms with E-state index in [-0.39, 0.29) is 10.2 Å². The molecule has 0 radical (unpaired) electrons. The average Bonchev–Trinajstić information content (AvgIpc) is 2.39. The minimum atomic E-state index is -3.79. The number of pyridine rings is 1. The molecule has 2 aromatic rings. The fraction of sp³-hybridized carbons (Fsp3) is 0.182. The van der Waals surface area contributed by atoms with Crippen LogP contribution in [0.15, 0.2) is 35.7 Å². The topological polar surface area (TPSA) is 88.1 Å². The molecule has 1 N–H and O–H groups in total. The SMILES string of the molecule is CN(C)c1ccncc1NS(=O)(=O)c1cnc(Cl)nc1. The summed E-state index contributed by atoms with van der Waals surface area (Å²) in [6.45, 7) is 0. The van der Waals surface area contributed by atoms with E-state index in [1.54, 1.807) is 31.3 Å². The molecule has 0 bridgehead atoms. The number of nitrogens with one attached hydrogen (secondary N) is 1. The fourth-order valence-corrected chi connectivity index (χ4v) is 2.54. The van der Waals surface area contributed by atoms with Gasteiger partial charge in [0.05, 0.1) is 30.0 Å². The molecule has 0 aromatic carbocycles. The number of anilines is 2. The Morgan fingerprint density at radius 3 is 2.45 bits per heavy atom. The quantitative estimate of drug-likeness (QED) is 0.858. The normalized spacial score (nSPS) is 11.2. The number of rotatable bonds is 4. The van der Waals surface area contributed by atoms with Gasteiger partial charge >= 0.3 is 0 Å². The fourth-order valence-electron chi connectivity index (χ4n) is 1.50. The van der Waals surface area contributed by atoms with Crippen molar-refractivity contribution in [2.45, 2.75) is 4.90 Å². The first kappa shape index (κ1) is 14.5. The molecule has 9 heteroatoms. The lowest BCUT2D eigenvalue weighted by molar-refractivity contribution is 0.600. The van der Waals surface area contributed by atoms with Crippen LogP contribution in [0.2, 0.25) is 5.28 Å². The second kappa shape index (κ2) is 5.59. The van der Waals surface area contributed by atoms with E-state index in [9.17, 15) is 8.42 Å². The Kier molecular flexibility index (Phi) is 4.05. The summed E-state index contributed by atoms with van der Waals surface area (Å²) in [5.41, 5.74) is 1.06. The monoisotopic (exact) mass is 313 g/mol. The van der Waals surface area contributed by atoms with Crippen LogP contribution >= 0.6 is 11.6 Å². The third kappa shape index (κ3) is 3.14. The third-order valence-electron chi connectivity index (χ3n) is 2.43. The Bertz CT molecular complexity index is 703. The maximum absolute atomic E-state index is 12.2. The summed E-state index contributed by atoms with van der Waals surface area (Å²) in [5, 5.41) is -0.0145.